The molecule has 1 rings (SSSR count). The summed E-state index contributed by atoms with van der Waals surface area (Å²) in [6.45, 7) is 3.53. The first-order chi connectivity index (χ1) is 7.47. The zero-order valence-corrected chi connectivity index (χ0v) is 9.49. The molecule has 6 heteroatoms. The molecule has 1 aromatic rings. The van der Waals surface area contributed by atoms with E-state index in [1.165, 1.54) is 15.8 Å². The highest BCUT2D eigenvalue weighted by molar-refractivity contribution is 5.78. The average molecular weight is 225 g/mol. The normalized spacial score (nSPS) is 12.5. The molecule has 1 N–H and O–H groups in total. The Morgan fingerprint density at radius 2 is 2.25 bits per heavy atom. The van der Waals surface area contributed by atoms with Crippen molar-refractivity contribution >= 4 is 12.4 Å². The van der Waals surface area contributed by atoms with E-state index in [2.05, 4.69) is 5.10 Å². The van der Waals surface area contributed by atoms with E-state index >= 15 is 0 Å². The van der Waals surface area contributed by atoms with Crippen molar-refractivity contribution in [3.05, 3.63) is 18.0 Å². The van der Waals surface area contributed by atoms with Crippen molar-refractivity contribution in [2.24, 2.45) is 7.05 Å². The molecule has 0 aliphatic rings. The largest absolute Gasteiger partial charge is 0.479 e. The van der Waals surface area contributed by atoms with E-state index in [0.717, 1.165) is 0 Å². The molecule has 0 spiro atoms. The monoisotopic (exact) mass is 225 g/mol. The Balaban J connectivity index is 3.08. The van der Waals surface area contributed by atoms with E-state index in [4.69, 9.17) is 5.11 Å². The molecule has 0 bridgehead atoms. The number of nitrogens with zero attached hydrogens (tertiary/aromatic N) is 3. The van der Waals surface area contributed by atoms with Crippen molar-refractivity contribution < 1.29 is 14.7 Å². The maximum Gasteiger partial charge on any atom is 0.331 e. The van der Waals surface area contributed by atoms with Crippen LogP contribution >= 0.6 is 0 Å². The van der Waals surface area contributed by atoms with Gasteiger partial charge in [-0.05, 0) is 13.8 Å². The standard InChI is InChI=1S/C10H15N3O3/c1-7(2)13(6-14)9(10(15)16)8-4-11-12(3)5-8/h4-7,9H,1-3H3,(H,15,16). The van der Waals surface area contributed by atoms with E-state index in [1.54, 1.807) is 27.1 Å². The summed E-state index contributed by atoms with van der Waals surface area (Å²) in [7, 11) is 1.70. The molecule has 88 valence electrons. The Kier molecular flexibility index (Phi) is 3.65. The fourth-order valence-electron chi connectivity index (χ4n) is 1.50. The molecule has 1 amide bonds. The molecule has 16 heavy (non-hydrogen) atoms. The van der Waals surface area contributed by atoms with Gasteiger partial charge in [0.05, 0.1) is 6.20 Å². The number of carboxylic acids is 1. The molecule has 0 aliphatic carbocycles. The summed E-state index contributed by atoms with van der Waals surface area (Å²) in [5.74, 6) is -1.06. The van der Waals surface area contributed by atoms with Crippen LogP contribution in [-0.2, 0) is 16.6 Å². The number of aromatic nitrogens is 2. The van der Waals surface area contributed by atoms with Gasteiger partial charge in [-0.1, -0.05) is 0 Å². The number of amides is 1. The van der Waals surface area contributed by atoms with Crippen LogP contribution in [0.2, 0.25) is 0 Å². The SMILES string of the molecule is CC(C)N(C=O)C(C(=O)O)c1cnn(C)c1. The second-order valence-corrected chi connectivity index (χ2v) is 3.83. The van der Waals surface area contributed by atoms with Gasteiger partial charge in [0, 0.05) is 24.8 Å². The third kappa shape index (κ3) is 2.39. The van der Waals surface area contributed by atoms with Crippen LogP contribution in [0, 0.1) is 0 Å². The van der Waals surface area contributed by atoms with Gasteiger partial charge in [0.1, 0.15) is 0 Å². The first-order valence-corrected chi connectivity index (χ1v) is 4.91. The Bertz CT molecular complexity index is 386. The highest BCUT2D eigenvalue weighted by atomic mass is 16.4. The molecule has 0 radical (unpaired) electrons. The maximum absolute atomic E-state index is 11.2. The molecular formula is C10H15N3O3. The number of aryl methyl sites for hydroxylation is 1. The molecular weight excluding hydrogens is 210 g/mol. The summed E-state index contributed by atoms with van der Waals surface area (Å²) >= 11 is 0. The molecule has 0 fully saturated rings. The van der Waals surface area contributed by atoms with Crippen LogP contribution < -0.4 is 0 Å². The highest BCUT2D eigenvalue weighted by Crippen LogP contribution is 2.21. The lowest BCUT2D eigenvalue weighted by atomic mass is 10.1. The predicted octanol–water partition coefficient (Wildman–Crippen LogP) is 0.413. The second-order valence-electron chi connectivity index (χ2n) is 3.83. The van der Waals surface area contributed by atoms with E-state index in [-0.39, 0.29) is 6.04 Å². The van der Waals surface area contributed by atoms with Crippen LogP contribution in [0.25, 0.3) is 0 Å². The van der Waals surface area contributed by atoms with Gasteiger partial charge in [-0.25, -0.2) is 4.79 Å². The fourth-order valence-corrected chi connectivity index (χ4v) is 1.50. The van der Waals surface area contributed by atoms with Crippen molar-refractivity contribution in [1.29, 1.82) is 0 Å². The summed E-state index contributed by atoms with van der Waals surface area (Å²) in [4.78, 5) is 23.3. The quantitative estimate of drug-likeness (QED) is 0.736. The number of rotatable bonds is 5. The maximum atomic E-state index is 11.2. The number of carboxylic acid groups (broad SMARTS) is 1. The molecule has 1 unspecified atom stereocenters. The van der Waals surface area contributed by atoms with E-state index in [9.17, 15) is 9.59 Å². The smallest absolute Gasteiger partial charge is 0.331 e. The van der Waals surface area contributed by atoms with Crippen molar-refractivity contribution in [2.45, 2.75) is 25.9 Å². The summed E-state index contributed by atoms with van der Waals surface area (Å²) < 4.78 is 1.51. The molecule has 0 saturated carbocycles. The van der Waals surface area contributed by atoms with Gasteiger partial charge in [-0.15, -0.1) is 0 Å². The molecule has 1 atom stereocenters. The third-order valence-electron chi connectivity index (χ3n) is 2.29. The minimum absolute atomic E-state index is 0.182. The number of hydrogen-bond acceptors (Lipinski definition) is 3. The van der Waals surface area contributed by atoms with Crippen molar-refractivity contribution in [2.75, 3.05) is 0 Å². The topological polar surface area (TPSA) is 75.4 Å². The van der Waals surface area contributed by atoms with Crippen LogP contribution in [-0.4, -0.2) is 38.2 Å². The van der Waals surface area contributed by atoms with E-state index < -0.39 is 12.0 Å². The van der Waals surface area contributed by atoms with Gasteiger partial charge in [0.25, 0.3) is 0 Å². The number of carbonyl (C=O) groups excluding carboxylic acids is 1. The number of hydrogen-bond donors (Lipinski definition) is 1. The van der Waals surface area contributed by atoms with Crippen LogP contribution in [0.15, 0.2) is 12.4 Å². The van der Waals surface area contributed by atoms with Crippen molar-refractivity contribution in [3.63, 3.8) is 0 Å². The zero-order chi connectivity index (χ0) is 12.3. The first-order valence-electron chi connectivity index (χ1n) is 4.91. The van der Waals surface area contributed by atoms with E-state index in [0.29, 0.717) is 12.0 Å². The van der Waals surface area contributed by atoms with Crippen LogP contribution in [0.3, 0.4) is 0 Å². The number of aliphatic carboxylic acids is 1. The lowest BCUT2D eigenvalue weighted by molar-refractivity contribution is -0.148. The summed E-state index contributed by atoms with van der Waals surface area (Å²) in [6, 6.07) is -1.16. The van der Waals surface area contributed by atoms with E-state index in [1.807, 2.05) is 0 Å². The molecule has 0 aliphatic heterocycles. The van der Waals surface area contributed by atoms with Crippen LogP contribution in [0.5, 0.6) is 0 Å². The molecule has 0 saturated heterocycles. The van der Waals surface area contributed by atoms with Crippen LogP contribution in [0.1, 0.15) is 25.5 Å². The molecule has 1 aromatic heterocycles. The Labute approximate surface area is 93.5 Å². The van der Waals surface area contributed by atoms with Gasteiger partial charge in [0.2, 0.25) is 6.41 Å². The lowest BCUT2D eigenvalue weighted by Crippen LogP contribution is -2.37. The number of carbonyl (C=O) groups is 2. The molecule has 1 heterocycles. The summed E-state index contributed by atoms with van der Waals surface area (Å²) in [6.07, 6.45) is 3.60. The lowest BCUT2D eigenvalue weighted by Gasteiger charge is -2.27. The van der Waals surface area contributed by atoms with Crippen molar-refractivity contribution in [1.82, 2.24) is 14.7 Å². The second kappa shape index (κ2) is 4.78. The highest BCUT2D eigenvalue weighted by Gasteiger charge is 2.29. The van der Waals surface area contributed by atoms with Gasteiger partial charge < -0.3 is 10.0 Å². The minimum atomic E-state index is -1.06. The Morgan fingerprint density at radius 1 is 1.62 bits per heavy atom. The van der Waals surface area contributed by atoms with Crippen molar-refractivity contribution in [3.8, 4) is 0 Å². The van der Waals surface area contributed by atoms with Gasteiger partial charge in [-0.2, -0.15) is 5.10 Å². The Hall–Kier alpha value is -1.85. The van der Waals surface area contributed by atoms with Crippen LogP contribution in [0.4, 0.5) is 0 Å². The molecule has 6 nitrogen and oxygen atoms in total. The van der Waals surface area contributed by atoms with Gasteiger partial charge >= 0.3 is 5.97 Å². The fraction of sp³-hybridized carbons (Fsp3) is 0.500. The molecule has 0 aromatic carbocycles. The minimum Gasteiger partial charge on any atom is -0.479 e. The van der Waals surface area contributed by atoms with Gasteiger partial charge in [0.15, 0.2) is 6.04 Å². The van der Waals surface area contributed by atoms with Gasteiger partial charge in [-0.3, -0.25) is 9.48 Å². The third-order valence-corrected chi connectivity index (χ3v) is 2.29. The first kappa shape index (κ1) is 12.2. The zero-order valence-electron chi connectivity index (χ0n) is 9.49. The summed E-state index contributed by atoms with van der Waals surface area (Å²) in [5, 5.41) is 13.1. The summed E-state index contributed by atoms with van der Waals surface area (Å²) in [5.41, 5.74) is 0.496. The predicted molar refractivity (Wildman–Crippen MR) is 56.6 cm³/mol. The Morgan fingerprint density at radius 3 is 2.56 bits per heavy atom. The average Bonchev–Trinajstić information content (AvgIpc) is 2.59.